The van der Waals surface area contributed by atoms with Crippen molar-refractivity contribution in [3.8, 4) is 5.75 Å². The molecule has 3 aromatic rings. The van der Waals surface area contributed by atoms with Gasteiger partial charge in [-0.1, -0.05) is 49.4 Å². The number of nitrogens with zero attached hydrogens (tertiary/aromatic N) is 2. The predicted molar refractivity (Wildman–Crippen MR) is 128 cm³/mol. The molecule has 0 aliphatic rings. The maximum absolute atomic E-state index is 13.4. The topological polar surface area (TPSA) is 71.5 Å². The highest BCUT2D eigenvalue weighted by atomic mass is 16.5. The second-order valence-electron chi connectivity index (χ2n) is 7.90. The quantitative estimate of drug-likeness (QED) is 0.481. The van der Waals surface area contributed by atoms with Crippen molar-refractivity contribution in [1.82, 2.24) is 15.2 Å². The monoisotopic (exact) mass is 445 g/mol. The van der Waals surface area contributed by atoms with Gasteiger partial charge in [-0.15, -0.1) is 0 Å². The van der Waals surface area contributed by atoms with Gasteiger partial charge in [-0.05, 0) is 47.4 Å². The molecule has 6 nitrogen and oxygen atoms in total. The van der Waals surface area contributed by atoms with E-state index in [-0.39, 0.29) is 11.8 Å². The van der Waals surface area contributed by atoms with Crippen molar-refractivity contribution >= 4 is 11.8 Å². The zero-order valence-electron chi connectivity index (χ0n) is 19.2. The average Bonchev–Trinajstić information content (AvgIpc) is 2.86. The summed E-state index contributed by atoms with van der Waals surface area (Å²) in [5.41, 5.74) is 2.91. The largest absolute Gasteiger partial charge is 0.497 e. The van der Waals surface area contributed by atoms with Crippen LogP contribution in [0.1, 0.15) is 36.5 Å². The van der Waals surface area contributed by atoms with Gasteiger partial charge < -0.3 is 15.0 Å². The highest BCUT2D eigenvalue weighted by molar-refractivity contribution is 5.88. The van der Waals surface area contributed by atoms with E-state index < -0.39 is 6.04 Å². The third-order valence-electron chi connectivity index (χ3n) is 5.46. The van der Waals surface area contributed by atoms with Crippen molar-refractivity contribution in [1.29, 1.82) is 0 Å². The van der Waals surface area contributed by atoms with Gasteiger partial charge in [0.05, 0.1) is 7.11 Å². The van der Waals surface area contributed by atoms with Gasteiger partial charge in [0.2, 0.25) is 11.8 Å². The number of hydrogen-bond acceptors (Lipinski definition) is 4. The van der Waals surface area contributed by atoms with Crippen LogP contribution in [0.25, 0.3) is 0 Å². The van der Waals surface area contributed by atoms with Crippen LogP contribution in [0.5, 0.6) is 5.75 Å². The van der Waals surface area contributed by atoms with Crippen molar-refractivity contribution in [2.24, 2.45) is 0 Å². The number of nitrogens with one attached hydrogen (secondary N) is 1. The van der Waals surface area contributed by atoms with E-state index >= 15 is 0 Å². The minimum Gasteiger partial charge on any atom is -0.497 e. The molecule has 6 heteroatoms. The van der Waals surface area contributed by atoms with Gasteiger partial charge >= 0.3 is 0 Å². The number of ether oxygens (including phenoxy) is 1. The molecule has 0 spiro atoms. The average molecular weight is 446 g/mol. The Labute approximate surface area is 195 Å². The molecule has 1 heterocycles. The van der Waals surface area contributed by atoms with E-state index in [1.165, 1.54) is 0 Å². The highest BCUT2D eigenvalue weighted by Gasteiger charge is 2.29. The summed E-state index contributed by atoms with van der Waals surface area (Å²) >= 11 is 0. The number of rotatable bonds is 11. The zero-order chi connectivity index (χ0) is 23.5. The van der Waals surface area contributed by atoms with Gasteiger partial charge in [-0.2, -0.15) is 0 Å². The molecule has 3 rings (SSSR count). The molecular formula is C27H31N3O3. The lowest BCUT2D eigenvalue weighted by Gasteiger charge is -2.31. The smallest absolute Gasteiger partial charge is 0.243 e. The van der Waals surface area contributed by atoms with Crippen LogP contribution in [0, 0.1) is 0 Å². The Kier molecular flexibility index (Phi) is 9.00. The molecule has 0 aliphatic heterocycles. The number of carbonyl (C=O) groups is 2. The first-order valence-corrected chi connectivity index (χ1v) is 11.2. The first-order chi connectivity index (χ1) is 16.1. The van der Waals surface area contributed by atoms with Crippen molar-refractivity contribution in [2.75, 3.05) is 7.11 Å². The Morgan fingerprint density at radius 2 is 1.64 bits per heavy atom. The second kappa shape index (κ2) is 12.4. The summed E-state index contributed by atoms with van der Waals surface area (Å²) in [4.78, 5) is 32.3. The molecule has 0 saturated carbocycles. The lowest BCUT2D eigenvalue weighted by atomic mass is 10.0. The van der Waals surface area contributed by atoms with Crippen LogP contribution in [-0.2, 0) is 29.1 Å². The van der Waals surface area contributed by atoms with E-state index in [0.717, 1.165) is 22.4 Å². The predicted octanol–water partition coefficient (Wildman–Crippen LogP) is 4.15. The van der Waals surface area contributed by atoms with Crippen molar-refractivity contribution in [3.63, 3.8) is 0 Å². The van der Waals surface area contributed by atoms with Gasteiger partial charge in [0.25, 0.3) is 0 Å². The summed E-state index contributed by atoms with van der Waals surface area (Å²) in [6, 6.07) is 20.5. The van der Waals surface area contributed by atoms with Gasteiger partial charge in [-0.3, -0.25) is 14.6 Å². The summed E-state index contributed by atoms with van der Waals surface area (Å²) in [6.07, 6.45) is 4.94. The molecule has 0 fully saturated rings. The van der Waals surface area contributed by atoms with Gasteiger partial charge in [0.15, 0.2) is 0 Å². The molecule has 1 N–H and O–H groups in total. The number of amides is 2. The summed E-state index contributed by atoms with van der Waals surface area (Å²) in [7, 11) is 1.62. The van der Waals surface area contributed by atoms with Crippen LogP contribution < -0.4 is 10.1 Å². The van der Waals surface area contributed by atoms with E-state index in [0.29, 0.717) is 32.4 Å². The number of aromatic nitrogens is 1. The summed E-state index contributed by atoms with van der Waals surface area (Å²) in [6.45, 7) is 2.70. The molecule has 0 bridgehead atoms. The van der Waals surface area contributed by atoms with Crippen LogP contribution in [-0.4, -0.2) is 34.8 Å². The molecule has 1 aromatic heterocycles. The maximum atomic E-state index is 13.4. The molecule has 0 saturated heterocycles. The lowest BCUT2D eigenvalue weighted by Crippen LogP contribution is -2.50. The number of benzene rings is 2. The Bertz CT molecular complexity index is 1010. The fourth-order valence-electron chi connectivity index (χ4n) is 3.65. The van der Waals surface area contributed by atoms with Gasteiger partial charge in [-0.25, -0.2) is 0 Å². The Morgan fingerprint density at radius 3 is 2.27 bits per heavy atom. The van der Waals surface area contributed by atoms with Crippen molar-refractivity contribution in [3.05, 3.63) is 95.8 Å². The molecule has 0 unspecified atom stereocenters. The fraction of sp³-hybridized carbons (Fsp3) is 0.296. The number of methoxy groups -OCH3 is 1. The van der Waals surface area contributed by atoms with Gasteiger partial charge in [0, 0.05) is 38.3 Å². The maximum Gasteiger partial charge on any atom is 0.243 e. The summed E-state index contributed by atoms with van der Waals surface area (Å²) < 4.78 is 5.25. The van der Waals surface area contributed by atoms with E-state index in [9.17, 15) is 9.59 Å². The number of pyridine rings is 1. The Morgan fingerprint density at radius 1 is 0.939 bits per heavy atom. The Hall–Kier alpha value is -3.67. The van der Waals surface area contributed by atoms with Crippen LogP contribution >= 0.6 is 0 Å². The molecule has 1 atom stereocenters. The molecular weight excluding hydrogens is 414 g/mol. The second-order valence-corrected chi connectivity index (χ2v) is 7.90. The lowest BCUT2D eigenvalue weighted by molar-refractivity contribution is -0.141. The van der Waals surface area contributed by atoms with Gasteiger partial charge in [0.1, 0.15) is 11.8 Å². The highest BCUT2D eigenvalue weighted by Crippen LogP contribution is 2.18. The first kappa shape index (κ1) is 24.0. The van der Waals surface area contributed by atoms with E-state index in [1.807, 2.05) is 73.7 Å². The van der Waals surface area contributed by atoms with Crippen molar-refractivity contribution < 1.29 is 14.3 Å². The minimum absolute atomic E-state index is 0.0340. The van der Waals surface area contributed by atoms with Crippen LogP contribution in [0.15, 0.2) is 79.1 Å². The Balaban J connectivity index is 1.87. The summed E-state index contributed by atoms with van der Waals surface area (Å²) in [5.74, 6) is 0.544. The van der Waals surface area contributed by atoms with E-state index in [1.54, 1.807) is 24.4 Å². The SMILES string of the molecule is CCCC(=O)N(Cc1ccc(OC)cc1)[C@@H](Cc1ccccc1)C(=O)NCc1ccncc1. The van der Waals surface area contributed by atoms with Crippen LogP contribution in [0.4, 0.5) is 0 Å². The third-order valence-corrected chi connectivity index (χ3v) is 5.46. The normalized spacial score (nSPS) is 11.5. The summed E-state index contributed by atoms with van der Waals surface area (Å²) in [5, 5.41) is 3.02. The molecule has 2 aromatic carbocycles. The van der Waals surface area contributed by atoms with E-state index in [4.69, 9.17) is 4.74 Å². The van der Waals surface area contributed by atoms with Crippen LogP contribution in [0.2, 0.25) is 0 Å². The molecule has 33 heavy (non-hydrogen) atoms. The van der Waals surface area contributed by atoms with Crippen LogP contribution in [0.3, 0.4) is 0 Å². The molecule has 0 radical (unpaired) electrons. The minimum atomic E-state index is -0.629. The molecule has 172 valence electrons. The fourth-order valence-corrected chi connectivity index (χ4v) is 3.65. The molecule has 2 amide bonds. The standard InChI is InChI=1S/C27H31N3O3/c1-3-7-26(31)30(20-23-10-12-24(33-2)13-11-23)25(18-21-8-5-4-6-9-21)27(32)29-19-22-14-16-28-17-15-22/h4-6,8-17,25H,3,7,18-20H2,1-2H3,(H,29,32)/t25-/m0/s1. The first-order valence-electron chi connectivity index (χ1n) is 11.2. The van der Waals surface area contributed by atoms with Crippen molar-refractivity contribution in [2.45, 2.75) is 45.3 Å². The molecule has 0 aliphatic carbocycles. The zero-order valence-corrected chi connectivity index (χ0v) is 19.2. The third kappa shape index (κ3) is 7.17. The van der Waals surface area contributed by atoms with E-state index in [2.05, 4.69) is 10.3 Å². The number of hydrogen-bond donors (Lipinski definition) is 1. The number of carbonyl (C=O) groups excluding carboxylic acids is 2.